The van der Waals surface area contributed by atoms with Crippen LogP contribution in [0.3, 0.4) is 0 Å². The highest BCUT2D eigenvalue weighted by Crippen LogP contribution is 2.31. The quantitative estimate of drug-likeness (QED) is 0.685. The van der Waals surface area contributed by atoms with Crippen LogP contribution < -0.4 is 16.0 Å². The Morgan fingerprint density at radius 1 is 1.00 bits per heavy atom. The average molecular weight is 393 g/mol. The molecule has 3 aromatic rings. The van der Waals surface area contributed by atoms with Gasteiger partial charge in [-0.15, -0.1) is 0 Å². The van der Waals surface area contributed by atoms with Gasteiger partial charge in [0.2, 0.25) is 5.91 Å². The summed E-state index contributed by atoms with van der Waals surface area (Å²) in [5, 5.41) is 2.83. The lowest BCUT2D eigenvalue weighted by atomic mass is 10.1. The molecule has 1 aliphatic rings. The van der Waals surface area contributed by atoms with Crippen LogP contribution in [0.2, 0.25) is 0 Å². The van der Waals surface area contributed by atoms with Crippen LogP contribution in [-0.4, -0.2) is 24.9 Å². The van der Waals surface area contributed by atoms with Crippen LogP contribution >= 0.6 is 0 Å². The molecule has 29 heavy (non-hydrogen) atoms. The minimum Gasteiger partial charge on any atom is -0.451 e. The molecule has 0 spiro atoms. The number of rotatable bonds is 5. The van der Waals surface area contributed by atoms with Crippen molar-refractivity contribution in [1.82, 2.24) is 0 Å². The maximum Gasteiger partial charge on any atom is 0.291 e. The molecule has 0 aliphatic carbocycles. The van der Waals surface area contributed by atoms with Crippen molar-refractivity contribution >= 4 is 23.2 Å². The lowest BCUT2D eigenvalue weighted by Crippen LogP contribution is -2.22. The van der Waals surface area contributed by atoms with E-state index in [0.717, 1.165) is 31.6 Å². The van der Waals surface area contributed by atoms with Gasteiger partial charge in [-0.3, -0.25) is 9.59 Å². The minimum absolute atomic E-state index is 0.112. The fraction of sp³-hybridized carbons (Fsp3) is 0.182. The molecule has 0 atom stereocenters. The van der Waals surface area contributed by atoms with Crippen molar-refractivity contribution in [2.24, 2.45) is 5.73 Å². The van der Waals surface area contributed by atoms with Gasteiger partial charge in [0.15, 0.2) is 5.76 Å². The number of hydrogen-bond acceptors (Lipinski definition) is 4. The SMILES string of the molecule is NC(=O)c1ccc(N2CCCC2)c(NC(=O)c2ccc(-c3ccc(F)cc3)o2)c1. The first-order valence-corrected chi connectivity index (χ1v) is 9.37. The van der Waals surface area contributed by atoms with Crippen molar-refractivity contribution in [2.45, 2.75) is 12.8 Å². The minimum atomic E-state index is -0.565. The van der Waals surface area contributed by atoms with E-state index in [-0.39, 0.29) is 11.6 Å². The molecule has 4 rings (SSSR count). The van der Waals surface area contributed by atoms with Gasteiger partial charge in [-0.1, -0.05) is 0 Å². The van der Waals surface area contributed by atoms with Crippen LogP contribution in [0.15, 0.2) is 59.0 Å². The van der Waals surface area contributed by atoms with Gasteiger partial charge < -0.3 is 20.4 Å². The summed E-state index contributed by atoms with van der Waals surface area (Å²) in [5.41, 5.74) is 7.72. The van der Waals surface area contributed by atoms with E-state index in [1.54, 1.807) is 42.5 Å². The lowest BCUT2D eigenvalue weighted by Gasteiger charge is -2.22. The predicted octanol–water partition coefficient (Wildman–Crippen LogP) is 4.04. The summed E-state index contributed by atoms with van der Waals surface area (Å²) in [5.74, 6) is -0.783. The van der Waals surface area contributed by atoms with Crippen LogP contribution in [0, 0.1) is 5.82 Å². The van der Waals surface area contributed by atoms with Crippen molar-refractivity contribution in [3.8, 4) is 11.3 Å². The summed E-state index contributed by atoms with van der Waals surface area (Å²) in [6.07, 6.45) is 2.15. The zero-order valence-corrected chi connectivity index (χ0v) is 15.7. The largest absolute Gasteiger partial charge is 0.451 e. The number of amides is 2. The smallest absolute Gasteiger partial charge is 0.291 e. The maximum atomic E-state index is 13.1. The molecule has 1 aliphatic heterocycles. The molecule has 6 nitrogen and oxygen atoms in total. The van der Waals surface area contributed by atoms with Gasteiger partial charge in [0.05, 0.1) is 11.4 Å². The van der Waals surface area contributed by atoms with E-state index in [1.165, 1.54) is 12.1 Å². The highest BCUT2D eigenvalue weighted by Gasteiger charge is 2.20. The van der Waals surface area contributed by atoms with E-state index in [4.69, 9.17) is 10.2 Å². The Labute approximate surface area is 167 Å². The lowest BCUT2D eigenvalue weighted by molar-refractivity contribution is 0.0988. The molecule has 1 aromatic heterocycles. The first-order valence-electron chi connectivity index (χ1n) is 9.37. The number of furan rings is 1. The second-order valence-electron chi connectivity index (χ2n) is 6.92. The average Bonchev–Trinajstić information content (AvgIpc) is 3.41. The number of halogens is 1. The summed E-state index contributed by atoms with van der Waals surface area (Å²) in [6.45, 7) is 1.77. The fourth-order valence-corrected chi connectivity index (χ4v) is 3.44. The number of hydrogen-bond donors (Lipinski definition) is 2. The predicted molar refractivity (Wildman–Crippen MR) is 108 cm³/mol. The molecule has 148 valence electrons. The van der Waals surface area contributed by atoms with Gasteiger partial charge in [0.25, 0.3) is 5.91 Å². The van der Waals surface area contributed by atoms with Gasteiger partial charge in [-0.2, -0.15) is 0 Å². The topological polar surface area (TPSA) is 88.6 Å². The molecule has 0 radical (unpaired) electrons. The third kappa shape index (κ3) is 3.99. The summed E-state index contributed by atoms with van der Waals surface area (Å²) in [6, 6.07) is 14.1. The van der Waals surface area contributed by atoms with E-state index in [9.17, 15) is 14.0 Å². The van der Waals surface area contributed by atoms with Crippen LogP contribution in [0.1, 0.15) is 33.8 Å². The number of nitrogens with zero attached hydrogens (tertiary/aromatic N) is 1. The Bertz CT molecular complexity index is 1050. The number of carbonyl (C=O) groups excluding carboxylic acids is 2. The molecule has 0 bridgehead atoms. The number of nitrogens with one attached hydrogen (secondary N) is 1. The van der Waals surface area contributed by atoms with Gasteiger partial charge in [0, 0.05) is 24.2 Å². The highest BCUT2D eigenvalue weighted by atomic mass is 19.1. The summed E-state index contributed by atoms with van der Waals surface area (Å²) >= 11 is 0. The molecule has 2 aromatic carbocycles. The third-order valence-electron chi connectivity index (χ3n) is 4.93. The summed E-state index contributed by atoms with van der Waals surface area (Å²) in [4.78, 5) is 26.5. The van der Waals surface area contributed by atoms with E-state index < -0.39 is 11.8 Å². The van der Waals surface area contributed by atoms with Gasteiger partial charge >= 0.3 is 0 Å². The molecular formula is C22H20FN3O3. The van der Waals surface area contributed by atoms with Crippen LogP contribution in [0.25, 0.3) is 11.3 Å². The van der Waals surface area contributed by atoms with Crippen molar-refractivity contribution in [1.29, 1.82) is 0 Å². The van der Waals surface area contributed by atoms with E-state index >= 15 is 0 Å². The first-order chi connectivity index (χ1) is 14.0. The van der Waals surface area contributed by atoms with E-state index in [0.29, 0.717) is 22.6 Å². The molecule has 2 heterocycles. The van der Waals surface area contributed by atoms with E-state index in [2.05, 4.69) is 10.2 Å². The molecule has 7 heteroatoms. The zero-order chi connectivity index (χ0) is 20.4. The number of anilines is 2. The van der Waals surface area contributed by atoms with Crippen LogP contribution in [0.5, 0.6) is 0 Å². The van der Waals surface area contributed by atoms with Crippen molar-refractivity contribution < 1.29 is 18.4 Å². The Hall–Kier alpha value is -3.61. The van der Waals surface area contributed by atoms with Crippen molar-refractivity contribution in [3.63, 3.8) is 0 Å². The summed E-state index contributed by atoms with van der Waals surface area (Å²) in [7, 11) is 0. The third-order valence-corrected chi connectivity index (χ3v) is 4.93. The Balaban J connectivity index is 1.60. The van der Waals surface area contributed by atoms with Gasteiger partial charge in [0.1, 0.15) is 11.6 Å². The van der Waals surface area contributed by atoms with Gasteiger partial charge in [-0.25, -0.2) is 4.39 Å². The van der Waals surface area contributed by atoms with Crippen LogP contribution in [0.4, 0.5) is 15.8 Å². The number of carbonyl (C=O) groups is 2. The Kier molecular flexibility index (Phi) is 5.03. The molecule has 1 fully saturated rings. The molecule has 0 saturated carbocycles. The number of benzene rings is 2. The van der Waals surface area contributed by atoms with Crippen molar-refractivity contribution in [3.05, 3.63) is 71.7 Å². The number of primary amides is 1. The van der Waals surface area contributed by atoms with Crippen molar-refractivity contribution in [2.75, 3.05) is 23.3 Å². The monoisotopic (exact) mass is 393 g/mol. The Morgan fingerprint density at radius 2 is 1.72 bits per heavy atom. The molecule has 3 N–H and O–H groups in total. The molecular weight excluding hydrogens is 373 g/mol. The molecule has 1 saturated heterocycles. The second-order valence-corrected chi connectivity index (χ2v) is 6.92. The normalized spacial score (nSPS) is 13.5. The number of nitrogens with two attached hydrogens (primary N) is 1. The molecule has 0 unspecified atom stereocenters. The first kappa shape index (κ1) is 18.7. The standard InChI is InChI=1S/C22H20FN3O3/c23-16-6-3-14(4-7-16)19-9-10-20(29-19)22(28)25-17-13-15(21(24)27)5-8-18(17)26-11-1-2-12-26/h3-10,13H,1-2,11-12H2,(H2,24,27)(H,25,28). The summed E-state index contributed by atoms with van der Waals surface area (Å²) < 4.78 is 18.7. The molecule has 2 amide bonds. The zero-order valence-electron chi connectivity index (χ0n) is 15.7. The Morgan fingerprint density at radius 3 is 2.41 bits per heavy atom. The maximum absolute atomic E-state index is 13.1. The fourth-order valence-electron chi connectivity index (χ4n) is 3.44. The van der Waals surface area contributed by atoms with Gasteiger partial charge in [-0.05, 0) is 67.4 Å². The van der Waals surface area contributed by atoms with E-state index in [1.807, 2.05) is 0 Å². The highest BCUT2D eigenvalue weighted by molar-refractivity contribution is 6.05. The second kappa shape index (κ2) is 7.79. The van der Waals surface area contributed by atoms with Crippen LogP contribution in [-0.2, 0) is 0 Å².